The fraction of sp³-hybridized carbons (Fsp3) is 0.714. The van der Waals surface area contributed by atoms with E-state index in [0.29, 0.717) is 12.3 Å². The van der Waals surface area contributed by atoms with Crippen molar-refractivity contribution >= 4 is 11.9 Å². The number of carboxylic acids is 1. The number of carbonyl (C=O) groups is 2. The summed E-state index contributed by atoms with van der Waals surface area (Å²) in [5.41, 5.74) is 0. The highest BCUT2D eigenvalue weighted by atomic mass is 16.4. The van der Waals surface area contributed by atoms with Gasteiger partial charge < -0.3 is 10.4 Å². The van der Waals surface area contributed by atoms with E-state index >= 15 is 0 Å². The van der Waals surface area contributed by atoms with Gasteiger partial charge in [-0.2, -0.15) is 0 Å². The SMILES string of the molecule is O=C(O)[C@@H]1C[C@H]2C[C@H]2C(=O)N1. The predicted octanol–water partition coefficient (Wildman–Crippen LogP) is -0.404. The molecule has 0 unspecified atom stereocenters. The van der Waals surface area contributed by atoms with Crippen LogP contribution in [0.1, 0.15) is 12.8 Å². The Hall–Kier alpha value is -1.06. The number of nitrogens with one attached hydrogen (secondary N) is 1. The van der Waals surface area contributed by atoms with Gasteiger partial charge in [-0.25, -0.2) is 4.79 Å². The lowest BCUT2D eigenvalue weighted by atomic mass is 10.0. The molecule has 1 heterocycles. The average Bonchev–Trinajstić information content (AvgIpc) is 2.66. The van der Waals surface area contributed by atoms with Gasteiger partial charge in [0.2, 0.25) is 5.91 Å². The predicted molar refractivity (Wildman–Crippen MR) is 35.8 cm³/mol. The number of carboxylic acid groups (broad SMARTS) is 1. The van der Waals surface area contributed by atoms with Crippen LogP contribution in [0.25, 0.3) is 0 Å². The molecule has 11 heavy (non-hydrogen) atoms. The second kappa shape index (κ2) is 1.96. The maximum absolute atomic E-state index is 11.0. The van der Waals surface area contributed by atoms with E-state index in [1.54, 1.807) is 0 Å². The molecule has 0 spiro atoms. The fourth-order valence-corrected chi connectivity index (χ4v) is 1.63. The lowest BCUT2D eigenvalue weighted by Crippen LogP contribution is -2.45. The first kappa shape index (κ1) is 6.64. The Balaban J connectivity index is 2.05. The summed E-state index contributed by atoms with van der Waals surface area (Å²) in [4.78, 5) is 21.4. The molecule has 0 bridgehead atoms. The summed E-state index contributed by atoms with van der Waals surface area (Å²) in [6.45, 7) is 0. The third kappa shape index (κ3) is 0.982. The molecule has 0 aromatic carbocycles. The van der Waals surface area contributed by atoms with Crippen molar-refractivity contribution in [2.75, 3.05) is 0 Å². The minimum atomic E-state index is -0.913. The molecular weight excluding hydrogens is 146 g/mol. The summed E-state index contributed by atoms with van der Waals surface area (Å²) in [6, 6.07) is -0.633. The number of aliphatic carboxylic acids is 1. The van der Waals surface area contributed by atoms with Crippen molar-refractivity contribution < 1.29 is 14.7 Å². The van der Waals surface area contributed by atoms with Gasteiger partial charge in [0, 0.05) is 5.92 Å². The summed E-state index contributed by atoms with van der Waals surface area (Å²) in [5, 5.41) is 11.0. The highest BCUT2D eigenvalue weighted by Crippen LogP contribution is 2.44. The average molecular weight is 155 g/mol. The number of rotatable bonds is 1. The van der Waals surface area contributed by atoms with Gasteiger partial charge in [0.15, 0.2) is 0 Å². The molecule has 0 aromatic rings. The normalized spacial score (nSPS) is 40.7. The van der Waals surface area contributed by atoms with Crippen LogP contribution in [0.4, 0.5) is 0 Å². The van der Waals surface area contributed by atoms with Gasteiger partial charge in [0.1, 0.15) is 6.04 Å². The van der Waals surface area contributed by atoms with E-state index in [0.717, 1.165) is 6.42 Å². The molecule has 1 aliphatic heterocycles. The molecule has 1 saturated carbocycles. The molecule has 1 aliphatic carbocycles. The van der Waals surface area contributed by atoms with Gasteiger partial charge in [-0.3, -0.25) is 4.79 Å². The minimum Gasteiger partial charge on any atom is -0.480 e. The maximum Gasteiger partial charge on any atom is 0.326 e. The number of carbonyl (C=O) groups excluding carboxylic acids is 1. The molecule has 2 N–H and O–H groups in total. The van der Waals surface area contributed by atoms with Crippen molar-refractivity contribution in [1.29, 1.82) is 0 Å². The molecule has 0 radical (unpaired) electrons. The van der Waals surface area contributed by atoms with E-state index in [2.05, 4.69) is 5.32 Å². The smallest absolute Gasteiger partial charge is 0.326 e. The van der Waals surface area contributed by atoms with Crippen molar-refractivity contribution in [3.8, 4) is 0 Å². The Morgan fingerprint density at radius 1 is 1.55 bits per heavy atom. The molecule has 1 saturated heterocycles. The summed E-state index contributed by atoms with van der Waals surface area (Å²) in [5.74, 6) is -0.507. The van der Waals surface area contributed by atoms with Crippen LogP contribution in [0, 0.1) is 11.8 Å². The standard InChI is InChI=1S/C7H9NO3/c9-6-4-1-3(4)2-5(8-6)7(10)11/h3-5H,1-2H2,(H,8,9)(H,10,11)/t3-,4-,5+/m1/s1. The second-order valence-corrected chi connectivity index (χ2v) is 3.24. The van der Waals surface area contributed by atoms with Crippen LogP contribution < -0.4 is 5.32 Å². The summed E-state index contributed by atoms with van der Waals surface area (Å²) < 4.78 is 0. The van der Waals surface area contributed by atoms with Crippen molar-refractivity contribution in [2.24, 2.45) is 11.8 Å². The Kier molecular flexibility index (Phi) is 1.19. The van der Waals surface area contributed by atoms with Crippen LogP contribution in [0.3, 0.4) is 0 Å². The monoisotopic (exact) mass is 155 g/mol. The molecule has 0 aromatic heterocycles. The van der Waals surface area contributed by atoms with E-state index in [4.69, 9.17) is 5.11 Å². The van der Waals surface area contributed by atoms with E-state index < -0.39 is 12.0 Å². The third-order valence-corrected chi connectivity index (χ3v) is 2.41. The summed E-state index contributed by atoms with van der Waals surface area (Å²) in [7, 11) is 0. The first-order valence-corrected chi connectivity index (χ1v) is 3.71. The van der Waals surface area contributed by atoms with Gasteiger partial charge in [-0.15, -0.1) is 0 Å². The van der Waals surface area contributed by atoms with E-state index in [1.807, 2.05) is 0 Å². The van der Waals surface area contributed by atoms with Gasteiger partial charge >= 0.3 is 5.97 Å². The molecule has 4 heteroatoms. The van der Waals surface area contributed by atoms with Gasteiger partial charge in [-0.1, -0.05) is 0 Å². The maximum atomic E-state index is 11.0. The van der Waals surface area contributed by atoms with E-state index in [1.165, 1.54) is 0 Å². The third-order valence-electron chi connectivity index (χ3n) is 2.41. The quantitative estimate of drug-likeness (QED) is 0.541. The Morgan fingerprint density at radius 3 is 2.82 bits per heavy atom. The molecule has 4 nitrogen and oxygen atoms in total. The molecule has 2 fully saturated rings. The highest BCUT2D eigenvalue weighted by molar-refractivity contribution is 5.88. The lowest BCUT2D eigenvalue weighted by Gasteiger charge is -2.18. The number of piperidine rings is 1. The summed E-state index contributed by atoms with van der Waals surface area (Å²) in [6.07, 6.45) is 1.50. The first-order chi connectivity index (χ1) is 5.18. The fourth-order valence-electron chi connectivity index (χ4n) is 1.63. The number of fused-ring (bicyclic) bond motifs is 1. The lowest BCUT2D eigenvalue weighted by molar-refractivity contribution is -0.143. The van der Waals surface area contributed by atoms with Crippen LogP contribution in [0.2, 0.25) is 0 Å². The van der Waals surface area contributed by atoms with Gasteiger partial charge in [0.05, 0.1) is 0 Å². The Labute approximate surface area is 63.6 Å². The van der Waals surface area contributed by atoms with Crippen molar-refractivity contribution in [3.63, 3.8) is 0 Å². The van der Waals surface area contributed by atoms with Crippen LogP contribution >= 0.6 is 0 Å². The minimum absolute atomic E-state index is 0.0753. The number of hydrogen-bond acceptors (Lipinski definition) is 2. The molecule has 3 atom stereocenters. The zero-order valence-corrected chi connectivity index (χ0v) is 5.91. The molecule has 1 amide bonds. The largest absolute Gasteiger partial charge is 0.480 e. The topological polar surface area (TPSA) is 66.4 Å². The molecular formula is C7H9NO3. The zero-order valence-electron chi connectivity index (χ0n) is 5.91. The Morgan fingerprint density at radius 2 is 2.27 bits per heavy atom. The van der Waals surface area contributed by atoms with Gasteiger partial charge in [0.25, 0.3) is 0 Å². The van der Waals surface area contributed by atoms with Crippen LogP contribution in [-0.2, 0) is 9.59 Å². The number of amides is 1. The van der Waals surface area contributed by atoms with Crippen molar-refractivity contribution in [3.05, 3.63) is 0 Å². The Bertz CT molecular complexity index is 226. The summed E-state index contributed by atoms with van der Waals surface area (Å²) >= 11 is 0. The zero-order chi connectivity index (χ0) is 8.01. The number of hydrogen-bond donors (Lipinski definition) is 2. The second-order valence-electron chi connectivity index (χ2n) is 3.24. The van der Waals surface area contributed by atoms with Crippen molar-refractivity contribution in [1.82, 2.24) is 5.32 Å². The first-order valence-electron chi connectivity index (χ1n) is 3.71. The van der Waals surface area contributed by atoms with E-state index in [-0.39, 0.29) is 11.8 Å². The molecule has 2 rings (SSSR count). The highest BCUT2D eigenvalue weighted by Gasteiger charge is 2.49. The van der Waals surface area contributed by atoms with E-state index in [9.17, 15) is 9.59 Å². The van der Waals surface area contributed by atoms with Crippen LogP contribution in [-0.4, -0.2) is 23.0 Å². The van der Waals surface area contributed by atoms with Crippen LogP contribution in [0.15, 0.2) is 0 Å². The molecule has 60 valence electrons. The van der Waals surface area contributed by atoms with Crippen molar-refractivity contribution in [2.45, 2.75) is 18.9 Å². The van der Waals surface area contributed by atoms with Gasteiger partial charge in [-0.05, 0) is 18.8 Å². The molecule has 2 aliphatic rings. The van der Waals surface area contributed by atoms with Crippen LogP contribution in [0.5, 0.6) is 0 Å².